The summed E-state index contributed by atoms with van der Waals surface area (Å²) < 4.78 is 5.17. The van der Waals surface area contributed by atoms with Crippen LogP contribution in [0.4, 0.5) is 4.79 Å². The average molecular weight is 244 g/mol. The van der Waals surface area contributed by atoms with E-state index in [9.17, 15) is 4.79 Å². The fraction of sp³-hybridized carbons (Fsp3) is 0.909. The molecule has 0 atom stereocenters. The quantitative estimate of drug-likeness (QED) is 0.743. The summed E-state index contributed by atoms with van der Waals surface area (Å²) in [6.07, 6.45) is 1.39. The third-order valence-corrected chi connectivity index (χ3v) is 4.62. The molecule has 3 N–H and O–H groups in total. The van der Waals surface area contributed by atoms with Crippen molar-refractivity contribution in [3.05, 3.63) is 0 Å². The van der Waals surface area contributed by atoms with E-state index in [1.807, 2.05) is 6.92 Å². The molecule has 0 heterocycles. The van der Waals surface area contributed by atoms with Crippen LogP contribution in [-0.2, 0) is 4.74 Å². The highest BCUT2D eigenvalue weighted by Crippen LogP contribution is 2.30. The molecule has 94 valence electrons. The Kier molecular flexibility index (Phi) is 4.01. The Hall–Kier alpha value is -0.553. The Morgan fingerprint density at radius 2 is 2.06 bits per heavy atom. The molecule has 0 aromatic heterocycles. The Morgan fingerprint density at radius 1 is 1.50 bits per heavy atom. The van der Waals surface area contributed by atoms with Crippen LogP contribution >= 0.6 is 0 Å². The molecular weight excluding hydrogens is 220 g/mol. The number of rotatable bonds is 4. The summed E-state index contributed by atoms with van der Waals surface area (Å²) in [5, 5.41) is 2.88. The minimum absolute atomic E-state index is 0.143. The van der Waals surface area contributed by atoms with Crippen molar-refractivity contribution >= 4 is 14.2 Å². The number of nitrogens with two attached hydrogens (primary N) is 1. The lowest BCUT2D eigenvalue weighted by molar-refractivity contribution is 0.114. The molecule has 16 heavy (non-hydrogen) atoms. The van der Waals surface area contributed by atoms with Crippen molar-refractivity contribution in [3.63, 3.8) is 0 Å². The van der Waals surface area contributed by atoms with Gasteiger partial charge in [-0.3, -0.25) is 0 Å². The van der Waals surface area contributed by atoms with Crippen molar-refractivity contribution in [3.8, 4) is 0 Å². The highest BCUT2D eigenvalue weighted by atomic mass is 28.3. The number of ether oxygens (including phenoxy) is 1. The van der Waals surface area contributed by atoms with Gasteiger partial charge in [0.2, 0.25) is 0 Å². The molecule has 0 spiro atoms. The predicted molar refractivity (Wildman–Crippen MR) is 68.3 cm³/mol. The molecule has 5 heteroatoms. The van der Waals surface area contributed by atoms with E-state index in [0.717, 1.165) is 18.9 Å². The Bertz CT molecular complexity index is 257. The average Bonchev–Trinajstić information content (AvgIpc) is 1.97. The van der Waals surface area contributed by atoms with Gasteiger partial charge in [0.25, 0.3) is 0 Å². The topological polar surface area (TPSA) is 64.3 Å². The lowest BCUT2D eigenvalue weighted by Crippen LogP contribution is -2.60. The predicted octanol–water partition coefficient (Wildman–Crippen LogP) is 1.93. The number of hydrogen-bond acceptors (Lipinski definition) is 3. The summed E-state index contributed by atoms with van der Waals surface area (Å²) in [5.41, 5.74) is 5.56. The van der Waals surface area contributed by atoms with Crippen LogP contribution in [-0.4, -0.2) is 32.4 Å². The minimum atomic E-state index is -1.11. The van der Waals surface area contributed by atoms with Crippen LogP contribution in [0, 0.1) is 0 Å². The first-order chi connectivity index (χ1) is 7.20. The zero-order valence-corrected chi connectivity index (χ0v) is 11.8. The van der Waals surface area contributed by atoms with Gasteiger partial charge in [0.05, 0.1) is 6.61 Å². The number of nitrogens with one attached hydrogen (secondary N) is 1. The van der Waals surface area contributed by atoms with Gasteiger partial charge in [-0.05, 0) is 25.8 Å². The van der Waals surface area contributed by atoms with Gasteiger partial charge in [0, 0.05) is 19.7 Å². The summed E-state index contributed by atoms with van der Waals surface area (Å²) in [4.78, 5) is 11.5. The van der Waals surface area contributed by atoms with E-state index in [4.69, 9.17) is 10.5 Å². The van der Waals surface area contributed by atoms with Crippen LogP contribution in [0.3, 0.4) is 0 Å². The molecule has 1 fully saturated rings. The highest BCUT2D eigenvalue weighted by molar-refractivity contribution is 6.76. The molecule has 1 saturated carbocycles. The molecule has 4 nitrogen and oxygen atoms in total. The van der Waals surface area contributed by atoms with Gasteiger partial charge in [0.15, 0.2) is 0 Å². The molecule has 0 aromatic carbocycles. The monoisotopic (exact) mass is 244 g/mol. The minimum Gasteiger partial charge on any atom is -0.450 e. The van der Waals surface area contributed by atoms with Crippen molar-refractivity contribution in [1.29, 1.82) is 0 Å². The first kappa shape index (κ1) is 13.5. The summed E-state index contributed by atoms with van der Waals surface area (Å²) in [7, 11) is -1.11. The first-order valence-electron chi connectivity index (χ1n) is 5.91. The fourth-order valence-corrected chi connectivity index (χ4v) is 2.65. The molecule has 0 unspecified atom stereocenters. The SMILES string of the molecule is C[Si](C)(C)CCOC(=O)N[C@]1(C)C[C@@H](N)C1. The van der Waals surface area contributed by atoms with Crippen molar-refractivity contribution in [2.45, 2.75) is 57.0 Å². The van der Waals surface area contributed by atoms with Crippen LogP contribution in [0.25, 0.3) is 0 Å². The van der Waals surface area contributed by atoms with Crippen molar-refractivity contribution in [1.82, 2.24) is 5.32 Å². The van der Waals surface area contributed by atoms with Gasteiger partial charge in [-0.2, -0.15) is 0 Å². The zero-order chi connectivity index (χ0) is 12.4. The number of hydrogen-bond donors (Lipinski definition) is 2. The van der Waals surface area contributed by atoms with Crippen LogP contribution in [0.15, 0.2) is 0 Å². The molecule has 0 aromatic rings. The molecule has 0 bridgehead atoms. The normalized spacial score (nSPS) is 29.4. The number of alkyl carbamates (subject to hydrolysis) is 1. The molecule has 0 saturated heterocycles. The maximum absolute atomic E-state index is 11.5. The second-order valence-corrected chi connectivity index (χ2v) is 11.9. The van der Waals surface area contributed by atoms with Crippen molar-refractivity contribution in [2.75, 3.05) is 6.61 Å². The molecule has 0 radical (unpaired) electrons. The maximum atomic E-state index is 11.5. The van der Waals surface area contributed by atoms with Gasteiger partial charge in [-0.25, -0.2) is 4.79 Å². The van der Waals surface area contributed by atoms with Crippen LogP contribution in [0.5, 0.6) is 0 Å². The van der Waals surface area contributed by atoms with E-state index in [0.29, 0.717) is 6.61 Å². The molecule has 1 aliphatic carbocycles. The molecule has 1 rings (SSSR count). The molecule has 1 aliphatic rings. The second-order valence-electron chi connectivity index (χ2n) is 6.30. The summed E-state index contributed by atoms with van der Waals surface area (Å²) in [6.45, 7) is 9.33. The zero-order valence-electron chi connectivity index (χ0n) is 10.8. The molecule has 0 aliphatic heterocycles. The molecular formula is C11H24N2O2Si. The lowest BCUT2D eigenvalue weighted by atomic mass is 9.75. The van der Waals surface area contributed by atoms with E-state index < -0.39 is 8.07 Å². The van der Waals surface area contributed by atoms with Crippen molar-refractivity contribution in [2.24, 2.45) is 5.73 Å². The van der Waals surface area contributed by atoms with Crippen LogP contribution < -0.4 is 11.1 Å². The largest absolute Gasteiger partial charge is 0.450 e. The van der Waals surface area contributed by atoms with Crippen molar-refractivity contribution < 1.29 is 9.53 Å². The summed E-state index contributed by atoms with van der Waals surface area (Å²) in [6, 6.07) is 1.24. The Labute approximate surface area is 98.9 Å². The standard InChI is InChI=1S/C11H24N2O2Si/c1-11(7-9(12)8-11)13-10(14)15-5-6-16(2,3)4/h9H,5-8,12H2,1-4H3,(H,13,14)/t9-,11-. The van der Waals surface area contributed by atoms with Gasteiger partial charge >= 0.3 is 6.09 Å². The van der Waals surface area contributed by atoms with Gasteiger partial charge in [-0.15, -0.1) is 0 Å². The second kappa shape index (κ2) is 4.75. The third kappa shape index (κ3) is 4.53. The number of carbonyl (C=O) groups excluding carboxylic acids is 1. The van der Waals surface area contributed by atoms with Crippen LogP contribution in [0.1, 0.15) is 19.8 Å². The third-order valence-electron chi connectivity index (χ3n) is 2.91. The van der Waals surface area contributed by atoms with E-state index in [1.54, 1.807) is 0 Å². The Morgan fingerprint density at radius 3 is 2.50 bits per heavy atom. The lowest BCUT2D eigenvalue weighted by Gasteiger charge is -2.43. The highest BCUT2D eigenvalue weighted by Gasteiger charge is 2.39. The summed E-state index contributed by atoms with van der Waals surface area (Å²) in [5.74, 6) is 0. The first-order valence-corrected chi connectivity index (χ1v) is 9.61. The smallest absolute Gasteiger partial charge is 0.407 e. The maximum Gasteiger partial charge on any atom is 0.407 e. The van der Waals surface area contributed by atoms with Gasteiger partial charge in [-0.1, -0.05) is 19.6 Å². The molecule has 1 amide bonds. The fourth-order valence-electron chi connectivity index (χ4n) is 1.93. The van der Waals surface area contributed by atoms with Gasteiger partial charge in [0.1, 0.15) is 0 Å². The number of carbonyl (C=O) groups is 1. The summed E-state index contributed by atoms with van der Waals surface area (Å²) >= 11 is 0. The Balaban J connectivity index is 2.17. The van der Waals surface area contributed by atoms with E-state index in [2.05, 4.69) is 25.0 Å². The van der Waals surface area contributed by atoms with Crippen LogP contribution in [0.2, 0.25) is 25.7 Å². The van der Waals surface area contributed by atoms with E-state index in [1.165, 1.54) is 0 Å². The number of amides is 1. The van der Waals surface area contributed by atoms with E-state index in [-0.39, 0.29) is 17.7 Å². The van der Waals surface area contributed by atoms with Gasteiger partial charge < -0.3 is 15.8 Å². The van der Waals surface area contributed by atoms with E-state index >= 15 is 0 Å².